The van der Waals surface area contributed by atoms with Gasteiger partial charge in [-0.3, -0.25) is 0 Å². The van der Waals surface area contributed by atoms with Crippen LogP contribution in [0, 0.1) is 0 Å². The molecular weight excluding hydrogens is 174 g/mol. The van der Waals surface area contributed by atoms with E-state index in [4.69, 9.17) is 10.8 Å². The fraction of sp³-hybridized carbons (Fsp3) is 0.571. The monoisotopic (exact) mass is 187 g/mol. The average Bonchev–Trinajstić information content (AvgIpc) is 2.35. The van der Waals surface area contributed by atoms with Gasteiger partial charge >= 0.3 is 0 Å². The highest BCUT2D eigenvalue weighted by molar-refractivity contribution is 7.10. The number of nitrogen functional groups attached to an aromatic ring is 1. The first-order valence-corrected chi connectivity index (χ1v) is 4.42. The van der Waals surface area contributed by atoms with Crippen molar-refractivity contribution in [2.45, 2.75) is 19.4 Å². The van der Waals surface area contributed by atoms with E-state index in [0.29, 0.717) is 5.82 Å². The zero-order valence-corrected chi connectivity index (χ0v) is 7.98. The Morgan fingerprint density at radius 2 is 2.42 bits per heavy atom. The maximum absolute atomic E-state index is 8.95. The molecule has 0 saturated heterocycles. The van der Waals surface area contributed by atoms with Crippen LogP contribution < -0.4 is 11.1 Å². The molecule has 5 heteroatoms. The van der Waals surface area contributed by atoms with Crippen molar-refractivity contribution in [1.82, 2.24) is 4.37 Å². The summed E-state index contributed by atoms with van der Waals surface area (Å²) in [5, 5.41) is 12.9. The third kappa shape index (κ3) is 2.35. The Morgan fingerprint density at radius 1 is 1.75 bits per heavy atom. The van der Waals surface area contributed by atoms with Crippen molar-refractivity contribution in [3.8, 4) is 0 Å². The highest BCUT2D eigenvalue weighted by Gasteiger charge is 2.16. The molecule has 0 atom stereocenters. The molecule has 0 aliphatic heterocycles. The van der Waals surface area contributed by atoms with E-state index in [2.05, 4.69) is 9.69 Å². The summed E-state index contributed by atoms with van der Waals surface area (Å²) in [4.78, 5) is 0. The first-order valence-electron chi connectivity index (χ1n) is 3.65. The highest BCUT2D eigenvalue weighted by Crippen LogP contribution is 2.21. The lowest BCUT2D eigenvalue weighted by molar-refractivity contribution is 0.234. The number of aromatic nitrogens is 1. The van der Waals surface area contributed by atoms with Crippen molar-refractivity contribution in [2.24, 2.45) is 0 Å². The van der Waals surface area contributed by atoms with Gasteiger partial charge in [-0.25, -0.2) is 0 Å². The van der Waals surface area contributed by atoms with E-state index in [0.717, 1.165) is 5.00 Å². The Bertz CT molecular complexity index is 259. The van der Waals surface area contributed by atoms with E-state index in [1.807, 2.05) is 13.8 Å². The summed E-state index contributed by atoms with van der Waals surface area (Å²) in [6.45, 7) is 3.89. The van der Waals surface area contributed by atoms with Crippen LogP contribution in [0.25, 0.3) is 0 Å². The van der Waals surface area contributed by atoms with Gasteiger partial charge in [-0.15, -0.1) is 0 Å². The summed E-state index contributed by atoms with van der Waals surface area (Å²) in [7, 11) is 0. The van der Waals surface area contributed by atoms with Gasteiger partial charge in [0, 0.05) is 6.07 Å². The minimum Gasteiger partial charge on any atom is -0.394 e. The van der Waals surface area contributed by atoms with Crippen LogP contribution in [0.4, 0.5) is 10.8 Å². The Balaban J connectivity index is 2.63. The van der Waals surface area contributed by atoms with Crippen LogP contribution in [0.15, 0.2) is 6.07 Å². The van der Waals surface area contributed by atoms with Crippen LogP contribution in [-0.4, -0.2) is 21.6 Å². The summed E-state index contributed by atoms with van der Waals surface area (Å²) < 4.78 is 3.91. The number of hydrogen-bond acceptors (Lipinski definition) is 5. The Labute approximate surface area is 75.6 Å². The van der Waals surface area contributed by atoms with Gasteiger partial charge in [0.25, 0.3) is 0 Å². The number of aliphatic hydroxyl groups excluding tert-OH is 1. The quantitative estimate of drug-likeness (QED) is 0.657. The van der Waals surface area contributed by atoms with Crippen molar-refractivity contribution >= 4 is 22.4 Å². The van der Waals surface area contributed by atoms with Crippen molar-refractivity contribution in [3.63, 3.8) is 0 Å². The van der Waals surface area contributed by atoms with Crippen molar-refractivity contribution in [3.05, 3.63) is 6.07 Å². The van der Waals surface area contributed by atoms with Gasteiger partial charge in [-0.05, 0) is 25.4 Å². The van der Waals surface area contributed by atoms with Gasteiger partial charge in [0.1, 0.15) is 10.8 Å². The normalized spacial score (nSPS) is 11.6. The number of nitrogens with two attached hydrogens (primary N) is 1. The molecule has 4 nitrogen and oxygen atoms in total. The third-order valence-electron chi connectivity index (χ3n) is 1.39. The number of aliphatic hydroxyl groups is 1. The number of nitrogens with zero attached hydrogens (tertiary/aromatic N) is 1. The first-order chi connectivity index (χ1) is 5.53. The molecule has 0 aromatic carbocycles. The predicted octanol–water partition coefficient (Wildman–Crippen LogP) is 0.908. The molecule has 0 saturated carbocycles. The molecule has 1 heterocycles. The average molecular weight is 187 g/mol. The summed E-state index contributed by atoms with van der Waals surface area (Å²) in [6, 6.07) is 1.75. The fourth-order valence-corrected chi connectivity index (χ4v) is 1.47. The predicted molar refractivity (Wildman–Crippen MR) is 51.3 cm³/mol. The number of rotatable bonds is 3. The minimum absolute atomic E-state index is 0.0742. The minimum atomic E-state index is -0.320. The number of nitrogens with one attached hydrogen (secondary N) is 1. The molecule has 0 fully saturated rings. The molecule has 12 heavy (non-hydrogen) atoms. The van der Waals surface area contributed by atoms with Gasteiger partial charge in [0.15, 0.2) is 0 Å². The largest absolute Gasteiger partial charge is 0.394 e. The van der Waals surface area contributed by atoms with Crippen molar-refractivity contribution in [2.75, 3.05) is 17.7 Å². The van der Waals surface area contributed by atoms with Crippen molar-refractivity contribution < 1.29 is 5.11 Å². The fourth-order valence-electron chi connectivity index (χ4n) is 0.721. The Hall–Kier alpha value is -0.810. The van der Waals surface area contributed by atoms with E-state index in [1.54, 1.807) is 6.07 Å². The van der Waals surface area contributed by atoms with E-state index in [-0.39, 0.29) is 12.1 Å². The summed E-state index contributed by atoms with van der Waals surface area (Å²) >= 11 is 1.29. The molecule has 0 spiro atoms. The smallest absolute Gasteiger partial charge is 0.139 e. The van der Waals surface area contributed by atoms with Crippen molar-refractivity contribution in [1.29, 1.82) is 0 Å². The van der Waals surface area contributed by atoms with Gasteiger partial charge in [0.2, 0.25) is 0 Å². The van der Waals surface area contributed by atoms with Crippen LogP contribution in [-0.2, 0) is 0 Å². The van der Waals surface area contributed by atoms with Gasteiger partial charge in [0.05, 0.1) is 12.1 Å². The SMILES string of the molecule is CC(C)(CO)Nc1cc(N)ns1. The summed E-state index contributed by atoms with van der Waals surface area (Å²) in [6.07, 6.45) is 0. The molecule has 4 N–H and O–H groups in total. The molecular formula is C7H13N3OS. The van der Waals surface area contributed by atoms with Crippen LogP contribution >= 0.6 is 11.5 Å². The second kappa shape index (κ2) is 3.28. The van der Waals surface area contributed by atoms with Gasteiger partial charge in [-0.2, -0.15) is 4.37 Å². The second-order valence-corrected chi connectivity index (χ2v) is 4.09. The van der Waals surface area contributed by atoms with E-state index in [9.17, 15) is 0 Å². The van der Waals surface area contributed by atoms with Crippen LogP contribution in [0.1, 0.15) is 13.8 Å². The third-order valence-corrected chi connectivity index (χ3v) is 2.10. The molecule has 68 valence electrons. The molecule has 0 unspecified atom stereocenters. The maximum atomic E-state index is 8.95. The lowest BCUT2D eigenvalue weighted by atomic mass is 10.1. The molecule has 0 radical (unpaired) electrons. The molecule has 1 aromatic heterocycles. The maximum Gasteiger partial charge on any atom is 0.139 e. The molecule has 1 aromatic rings. The summed E-state index contributed by atoms with van der Waals surface area (Å²) in [5.74, 6) is 0.510. The van der Waals surface area contributed by atoms with E-state index >= 15 is 0 Å². The van der Waals surface area contributed by atoms with Gasteiger partial charge in [-0.1, -0.05) is 0 Å². The van der Waals surface area contributed by atoms with Crippen LogP contribution in [0.5, 0.6) is 0 Å². The van der Waals surface area contributed by atoms with Gasteiger partial charge < -0.3 is 16.2 Å². The zero-order valence-electron chi connectivity index (χ0n) is 7.16. The molecule has 1 rings (SSSR count). The van der Waals surface area contributed by atoms with E-state index < -0.39 is 0 Å². The Morgan fingerprint density at radius 3 is 2.83 bits per heavy atom. The molecule has 0 aliphatic rings. The molecule has 0 aliphatic carbocycles. The number of anilines is 2. The molecule has 0 bridgehead atoms. The summed E-state index contributed by atoms with van der Waals surface area (Å²) in [5.41, 5.74) is 5.12. The molecule has 0 amide bonds. The standard InChI is InChI=1S/C7H13N3OS/c1-7(2,4-11)9-6-3-5(8)10-12-6/h3,9,11H,4H2,1-2H3,(H2,8,10). The second-order valence-electron chi connectivity index (χ2n) is 3.28. The number of hydrogen-bond donors (Lipinski definition) is 3. The first kappa shape index (κ1) is 9.28. The lowest BCUT2D eigenvalue weighted by Crippen LogP contribution is -2.34. The highest BCUT2D eigenvalue weighted by atomic mass is 32.1. The zero-order chi connectivity index (χ0) is 9.19. The topological polar surface area (TPSA) is 71.2 Å². The Kier molecular flexibility index (Phi) is 2.54. The van der Waals surface area contributed by atoms with Crippen LogP contribution in [0.3, 0.4) is 0 Å². The van der Waals surface area contributed by atoms with Crippen LogP contribution in [0.2, 0.25) is 0 Å². The van der Waals surface area contributed by atoms with E-state index in [1.165, 1.54) is 11.5 Å². The lowest BCUT2D eigenvalue weighted by Gasteiger charge is -2.23.